The first-order valence-electron chi connectivity index (χ1n) is 8.48. The molecule has 4 atom stereocenters. The molecule has 0 spiro atoms. The molecule has 4 heteroatoms. The minimum atomic E-state index is 0.0608. The first kappa shape index (κ1) is 16.8. The Hall–Kier alpha value is -0.610. The molecule has 4 unspecified atom stereocenters. The van der Waals surface area contributed by atoms with Crippen molar-refractivity contribution in [1.29, 1.82) is 0 Å². The molecule has 0 saturated heterocycles. The van der Waals surface area contributed by atoms with E-state index in [0.29, 0.717) is 25.0 Å². The molecule has 1 amide bonds. The van der Waals surface area contributed by atoms with Gasteiger partial charge < -0.3 is 11.1 Å². The molecule has 2 aliphatic carbocycles. The number of nitrogens with one attached hydrogen (secondary N) is 1. The van der Waals surface area contributed by atoms with Crippen LogP contribution in [0.15, 0.2) is 0 Å². The van der Waals surface area contributed by atoms with Crippen molar-refractivity contribution in [2.45, 2.75) is 52.5 Å². The summed E-state index contributed by atoms with van der Waals surface area (Å²) < 4.78 is 0. The van der Waals surface area contributed by atoms with Gasteiger partial charge in [0.25, 0.3) is 0 Å². The van der Waals surface area contributed by atoms with Crippen LogP contribution in [0.1, 0.15) is 46.5 Å². The molecule has 21 heavy (non-hydrogen) atoms. The average molecular weight is 295 g/mol. The molecule has 3 N–H and O–H groups in total. The lowest BCUT2D eigenvalue weighted by molar-refractivity contribution is -0.123. The van der Waals surface area contributed by atoms with Crippen LogP contribution in [-0.4, -0.2) is 43.5 Å². The van der Waals surface area contributed by atoms with Gasteiger partial charge >= 0.3 is 0 Å². The van der Waals surface area contributed by atoms with Crippen molar-refractivity contribution >= 4 is 5.91 Å². The maximum atomic E-state index is 12.2. The van der Waals surface area contributed by atoms with E-state index in [2.05, 4.69) is 31.0 Å². The van der Waals surface area contributed by atoms with E-state index in [1.165, 1.54) is 25.7 Å². The zero-order valence-electron chi connectivity index (χ0n) is 14.2. The standard InChI is InChI=1S/C17H33N3O/c1-12(15-8-13-5-6-14(15)7-13)19-16(21)9-20(4)11-17(2,3)10-18/h12-15H,5-11,18H2,1-4H3,(H,19,21). The first-order valence-corrected chi connectivity index (χ1v) is 8.48. The fourth-order valence-electron chi connectivity index (χ4n) is 4.41. The Kier molecular flexibility index (Phi) is 5.31. The fraction of sp³-hybridized carbons (Fsp3) is 0.941. The SMILES string of the molecule is CC(NC(=O)CN(C)CC(C)(C)CN)C1CC2CCC1C2. The summed E-state index contributed by atoms with van der Waals surface area (Å²) >= 11 is 0. The van der Waals surface area contributed by atoms with Gasteiger partial charge in [0, 0.05) is 12.6 Å². The lowest BCUT2D eigenvalue weighted by atomic mass is 9.84. The molecular formula is C17H33N3O. The highest BCUT2D eigenvalue weighted by Crippen LogP contribution is 2.49. The summed E-state index contributed by atoms with van der Waals surface area (Å²) in [6, 6.07) is 0.323. The lowest BCUT2D eigenvalue weighted by Gasteiger charge is -2.31. The summed E-state index contributed by atoms with van der Waals surface area (Å²) in [7, 11) is 2.00. The van der Waals surface area contributed by atoms with Crippen LogP contribution >= 0.6 is 0 Å². The predicted molar refractivity (Wildman–Crippen MR) is 86.9 cm³/mol. The first-order chi connectivity index (χ1) is 9.80. The zero-order valence-corrected chi connectivity index (χ0v) is 14.2. The minimum absolute atomic E-state index is 0.0608. The maximum Gasteiger partial charge on any atom is 0.234 e. The van der Waals surface area contributed by atoms with Crippen molar-refractivity contribution < 1.29 is 4.79 Å². The molecule has 0 radical (unpaired) electrons. The molecule has 0 aromatic carbocycles. The third kappa shape index (κ3) is 4.43. The second-order valence-electron chi connectivity index (χ2n) is 8.24. The van der Waals surface area contributed by atoms with Crippen LogP contribution in [0.25, 0.3) is 0 Å². The van der Waals surface area contributed by atoms with Crippen molar-refractivity contribution in [3.63, 3.8) is 0 Å². The normalized spacial score (nSPS) is 29.9. The molecule has 2 saturated carbocycles. The van der Waals surface area contributed by atoms with Crippen LogP contribution in [0, 0.1) is 23.2 Å². The topological polar surface area (TPSA) is 58.4 Å². The van der Waals surface area contributed by atoms with E-state index in [0.717, 1.165) is 18.4 Å². The fourth-order valence-corrected chi connectivity index (χ4v) is 4.41. The third-order valence-electron chi connectivity index (χ3n) is 5.49. The Morgan fingerprint density at radius 1 is 1.38 bits per heavy atom. The smallest absolute Gasteiger partial charge is 0.234 e. The number of carbonyl (C=O) groups is 1. The van der Waals surface area contributed by atoms with E-state index >= 15 is 0 Å². The maximum absolute atomic E-state index is 12.2. The number of rotatable bonds is 7. The number of amides is 1. The van der Waals surface area contributed by atoms with Gasteiger partial charge in [-0.25, -0.2) is 0 Å². The van der Waals surface area contributed by atoms with Crippen molar-refractivity contribution in [3.8, 4) is 0 Å². The summed E-state index contributed by atoms with van der Waals surface area (Å²) in [5.41, 5.74) is 5.82. The summed E-state index contributed by atoms with van der Waals surface area (Å²) in [4.78, 5) is 14.3. The number of nitrogens with zero attached hydrogens (tertiary/aromatic N) is 1. The van der Waals surface area contributed by atoms with E-state index in [1.54, 1.807) is 0 Å². The van der Waals surface area contributed by atoms with Crippen LogP contribution in [0.2, 0.25) is 0 Å². The van der Waals surface area contributed by atoms with E-state index in [9.17, 15) is 4.79 Å². The molecule has 0 aliphatic heterocycles. The second-order valence-corrected chi connectivity index (χ2v) is 8.24. The Labute approximate surface area is 129 Å². The van der Waals surface area contributed by atoms with Crippen molar-refractivity contribution in [3.05, 3.63) is 0 Å². The second kappa shape index (κ2) is 6.66. The monoisotopic (exact) mass is 295 g/mol. The van der Waals surface area contributed by atoms with Gasteiger partial charge in [0.1, 0.15) is 0 Å². The van der Waals surface area contributed by atoms with Crippen LogP contribution < -0.4 is 11.1 Å². The number of hydrogen-bond acceptors (Lipinski definition) is 3. The zero-order chi connectivity index (χ0) is 15.6. The number of carbonyl (C=O) groups excluding carboxylic acids is 1. The number of likely N-dealkylation sites (N-methyl/N-ethyl adjacent to an activating group) is 1. The molecule has 4 nitrogen and oxygen atoms in total. The Morgan fingerprint density at radius 2 is 2.10 bits per heavy atom. The van der Waals surface area contributed by atoms with Crippen molar-refractivity contribution in [2.24, 2.45) is 28.9 Å². The Balaban J connectivity index is 1.74. The van der Waals surface area contributed by atoms with E-state index in [-0.39, 0.29) is 11.3 Å². The van der Waals surface area contributed by atoms with Gasteiger partial charge in [0.15, 0.2) is 0 Å². The van der Waals surface area contributed by atoms with Gasteiger partial charge in [-0.15, -0.1) is 0 Å². The Morgan fingerprint density at radius 3 is 2.62 bits per heavy atom. The minimum Gasteiger partial charge on any atom is -0.352 e. The van der Waals surface area contributed by atoms with Crippen LogP contribution in [-0.2, 0) is 4.79 Å². The largest absolute Gasteiger partial charge is 0.352 e. The van der Waals surface area contributed by atoms with E-state index < -0.39 is 0 Å². The molecule has 2 bridgehead atoms. The van der Waals surface area contributed by atoms with Crippen molar-refractivity contribution in [2.75, 3.05) is 26.7 Å². The highest BCUT2D eigenvalue weighted by Gasteiger charge is 2.42. The van der Waals surface area contributed by atoms with Gasteiger partial charge in [-0.3, -0.25) is 9.69 Å². The van der Waals surface area contributed by atoms with Gasteiger partial charge in [-0.05, 0) is 62.9 Å². The third-order valence-corrected chi connectivity index (χ3v) is 5.49. The number of nitrogens with two attached hydrogens (primary N) is 1. The van der Waals surface area contributed by atoms with Crippen LogP contribution in [0.3, 0.4) is 0 Å². The van der Waals surface area contributed by atoms with E-state index in [4.69, 9.17) is 5.73 Å². The van der Waals surface area contributed by atoms with Gasteiger partial charge in [-0.2, -0.15) is 0 Å². The lowest BCUT2D eigenvalue weighted by Crippen LogP contribution is -2.46. The van der Waals surface area contributed by atoms with Crippen LogP contribution in [0.5, 0.6) is 0 Å². The van der Waals surface area contributed by atoms with E-state index in [1.807, 2.05) is 7.05 Å². The highest BCUT2D eigenvalue weighted by atomic mass is 16.2. The predicted octanol–water partition coefficient (Wildman–Crippen LogP) is 1.84. The summed E-state index contributed by atoms with van der Waals surface area (Å²) in [6.07, 6.45) is 5.51. The molecule has 2 fully saturated rings. The molecule has 0 aromatic rings. The summed E-state index contributed by atoms with van der Waals surface area (Å²) in [5.74, 6) is 2.66. The number of hydrogen-bond donors (Lipinski definition) is 2. The summed E-state index contributed by atoms with van der Waals surface area (Å²) in [5, 5.41) is 3.23. The number of fused-ring (bicyclic) bond motifs is 2. The van der Waals surface area contributed by atoms with Gasteiger partial charge in [0.2, 0.25) is 5.91 Å². The molecule has 122 valence electrons. The highest BCUT2D eigenvalue weighted by molar-refractivity contribution is 5.78. The van der Waals surface area contributed by atoms with Gasteiger partial charge in [-0.1, -0.05) is 20.3 Å². The summed E-state index contributed by atoms with van der Waals surface area (Å²) in [6.45, 7) is 8.42. The van der Waals surface area contributed by atoms with Crippen LogP contribution in [0.4, 0.5) is 0 Å². The van der Waals surface area contributed by atoms with Gasteiger partial charge in [0.05, 0.1) is 6.54 Å². The quantitative estimate of drug-likeness (QED) is 0.753. The molecule has 2 rings (SSSR count). The average Bonchev–Trinajstić information content (AvgIpc) is 2.99. The Bertz CT molecular complexity index is 369. The molecule has 0 heterocycles. The molecule has 2 aliphatic rings. The molecule has 0 aromatic heterocycles. The molecular weight excluding hydrogens is 262 g/mol. The van der Waals surface area contributed by atoms with Crippen molar-refractivity contribution in [1.82, 2.24) is 10.2 Å².